The number of hydrogen-bond donors (Lipinski definition) is 0. The molecule has 0 radical (unpaired) electrons. The lowest BCUT2D eigenvalue weighted by Crippen LogP contribution is -2.22. The molecule has 6 heteroatoms. The SMILES string of the molecule is CC(C)C(C(=O)OC(C#N)c1cccc(Oc2ccc(Br)cc2)c1)c1ccc(Cl)cc1. The van der Waals surface area contributed by atoms with Gasteiger partial charge in [-0.05, 0) is 60.0 Å². The molecule has 0 aromatic heterocycles. The first-order valence-electron chi connectivity index (χ1n) is 9.76. The molecule has 2 unspecified atom stereocenters. The third kappa shape index (κ3) is 6.10. The van der Waals surface area contributed by atoms with Gasteiger partial charge in [-0.3, -0.25) is 4.79 Å². The Balaban J connectivity index is 1.78. The number of nitriles is 1. The fraction of sp³-hybridized carbons (Fsp3) is 0.200. The molecular formula is C25H21BrClNO3. The minimum absolute atomic E-state index is 0.0138. The molecule has 0 aliphatic heterocycles. The molecule has 3 aromatic rings. The third-order valence-corrected chi connectivity index (χ3v) is 5.49. The highest BCUT2D eigenvalue weighted by Crippen LogP contribution is 2.31. The summed E-state index contributed by atoms with van der Waals surface area (Å²) in [6.45, 7) is 3.88. The van der Waals surface area contributed by atoms with E-state index in [4.69, 9.17) is 21.1 Å². The second-order valence-corrected chi connectivity index (χ2v) is 8.70. The highest BCUT2D eigenvalue weighted by Gasteiger charge is 2.29. The number of benzene rings is 3. The van der Waals surface area contributed by atoms with Crippen molar-refractivity contribution in [1.82, 2.24) is 0 Å². The average molecular weight is 499 g/mol. The minimum Gasteiger partial charge on any atom is -0.457 e. The normalized spacial score (nSPS) is 12.6. The van der Waals surface area contributed by atoms with Crippen molar-refractivity contribution in [3.05, 3.63) is 93.4 Å². The summed E-state index contributed by atoms with van der Waals surface area (Å²) in [4.78, 5) is 13.0. The van der Waals surface area contributed by atoms with E-state index < -0.39 is 18.0 Å². The highest BCUT2D eigenvalue weighted by molar-refractivity contribution is 9.10. The van der Waals surface area contributed by atoms with E-state index in [1.54, 1.807) is 36.4 Å². The van der Waals surface area contributed by atoms with Crippen LogP contribution in [-0.2, 0) is 9.53 Å². The molecule has 2 atom stereocenters. The van der Waals surface area contributed by atoms with Crippen LogP contribution in [0.3, 0.4) is 0 Å². The van der Waals surface area contributed by atoms with Gasteiger partial charge in [-0.1, -0.05) is 65.6 Å². The monoisotopic (exact) mass is 497 g/mol. The van der Waals surface area contributed by atoms with Crippen LogP contribution in [0.15, 0.2) is 77.3 Å². The van der Waals surface area contributed by atoms with E-state index in [0.29, 0.717) is 22.1 Å². The van der Waals surface area contributed by atoms with E-state index >= 15 is 0 Å². The molecule has 4 nitrogen and oxygen atoms in total. The number of ether oxygens (including phenoxy) is 2. The summed E-state index contributed by atoms with van der Waals surface area (Å²) < 4.78 is 12.4. The molecule has 0 bridgehead atoms. The topological polar surface area (TPSA) is 59.3 Å². The van der Waals surface area contributed by atoms with Gasteiger partial charge in [-0.15, -0.1) is 0 Å². The van der Waals surface area contributed by atoms with E-state index in [2.05, 4.69) is 22.0 Å². The summed E-state index contributed by atoms with van der Waals surface area (Å²) in [5, 5.41) is 10.3. The Morgan fingerprint density at radius 2 is 1.65 bits per heavy atom. The van der Waals surface area contributed by atoms with E-state index in [-0.39, 0.29) is 5.92 Å². The Hall–Kier alpha value is -2.81. The van der Waals surface area contributed by atoms with E-state index in [1.165, 1.54) is 0 Å². The molecule has 158 valence electrons. The van der Waals surface area contributed by atoms with Crippen LogP contribution in [0.5, 0.6) is 11.5 Å². The number of esters is 1. The lowest BCUT2D eigenvalue weighted by molar-refractivity contribution is -0.150. The largest absolute Gasteiger partial charge is 0.457 e. The zero-order valence-electron chi connectivity index (χ0n) is 17.1. The summed E-state index contributed by atoms with van der Waals surface area (Å²) >= 11 is 9.36. The molecule has 0 N–H and O–H groups in total. The van der Waals surface area contributed by atoms with Gasteiger partial charge in [0, 0.05) is 15.1 Å². The quantitative estimate of drug-likeness (QED) is 0.318. The highest BCUT2D eigenvalue weighted by atomic mass is 79.9. The van der Waals surface area contributed by atoms with Crippen LogP contribution in [0, 0.1) is 17.2 Å². The first kappa shape index (κ1) is 22.9. The number of carbonyl (C=O) groups excluding carboxylic acids is 1. The van der Waals surface area contributed by atoms with Gasteiger partial charge in [0.25, 0.3) is 0 Å². The van der Waals surface area contributed by atoms with Crippen LogP contribution in [0.4, 0.5) is 0 Å². The molecule has 0 heterocycles. The van der Waals surface area contributed by atoms with Gasteiger partial charge in [-0.25, -0.2) is 0 Å². The Morgan fingerprint density at radius 3 is 2.26 bits per heavy atom. The van der Waals surface area contributed by atoms with Gasteiger partial charge >= 0.3 is 5.97 Å². The van der Waals surface area contributed by atoms with Crippen molar-refractivity contribution in [1.29, 1.82) is 5.26 Å². The molecule has 0 saturated heterocycles. The lowest BCUT2D eigenvalue weighted by atomic mass is 9.88. The van der Waals surface area contributed by atoms with Crippen molar-refractivity contribution in [2.24, 2.45) is 5.92 Å². The number of nitrogens with zero attached hydrogens (tertiary/aromatic N) is 1. The van der Waals surface area contributed by atoms with Crippen molar-refractivity contribution in [3.63, 3.8) is 0 Å². The van der Waals surface area contributed by atoms with Crippen LogP contribution in [-0.4, -0.2) is 5.97 Å². The predicted octanol–water partition coefficient (Wildman–Crippen LogP) is 7.44. The van der Waals surface area contributed by atoms with Crippen LogP contribution < -0.4 is 4.74 Å². The molecule has 3 aromatic carbocycles. The van der Waals surface area contributed by atoms with Crippen molar-refractivity contribution in [2.75, 3.05) is 0 Å². The molecule has 0 spiro atoms. The molecule has 31 heavy (non-hydrogen) atoms. The van der Waals surface area contributed by atoms with Gasteiger partial charge in [0.05, 0.1) is 5.92 Å². The number of halogens is 2. The Kier molecular flexibility index (Phi) is 7.73. The Bertz CT molecular complexity index is 1080. The first-order chi connectivity index (χ1) is 14.9. The summed E-state index contributed by atoms with van der Waals surface area (Å²) in [6, 6.07) is 23.6. The second kappa shape index (κ2) is 10.5. The van der Waals surface area contributed by atoms with Gasteiger partial charge < -0.3 is 9.47 Å². The molecule has 0 saturated carbocycles. The molecular weight excluding hydrogens is 478 g/mol. The van der Waals surface area contributed by atoms with Gasteiger partial charge in [0.15, 0.2) is 0 Å². The van der Waals surface area contributed by atoms with Crippen molar-refractivity contribution in [2.45, 2.75) is 25.9 Å². The van der Waals surface area contributed by atoms with Crippen LogP contribution in [0.2, 0.25) is 5.02 Å². The standard InChI is InChI=1S/C25H21BrClNO3/c1-16(2)24(17-6-10-20(27)11-7-17)25(29)31-23(15-28)18-4-3-5-22(14-18)30-21-12-8-19(26)9-13-21/h3-14,16,23-24H,1-2H3. The summed E-state index contributed by atoms with van der Waals surface area (Å²) in [7, 11) is 0. The van der Waals surface area contributed by atoms with Crippen LogP contribution in [0.25, 0.3) is 0 Å². The second-order valence-electron chi connectivity index (χ2n) is 7.35. The maximum Gasteiger partial charge on any atom is 0.315 e. The van der Waals surface area contributed by atoms with Crippen LogP contribution >= 0.6 is 27.5 Å². The third-order valence-electron chi connectivity index (χ3n) is 4.71. The molecule has 3 rings (SSSR count). The number of rotatable bonds is 7. The van der Waals surface area contributed by atoms with E-state index in [1.807, 2.05) is 50.2 Å². The van der Waals surface area contributed by atoms with Crippen LogP contribution in [0.1, 0.15) is 37.0 Å². The number of carbonyl (C=O) groups is 1. The fourth-order valence-corrected chi connectivity index (χ4v) is 3.59. The van der Waals surface area contributed by atoms with Gasteiger partial charge in [0.1, 0.15) is 17.6 Å². The van der Waals surface area contributed by atoms with Crippen molar-refractivity contribution in [3.8, 4) is 17.6 Å². The Morgan fingerprint density at radius 1 is 0.968 bits per heavy atom. The summed E-state index contributed by atoms with van der Waals surface area (Å²) in [6.07, 6.45) is -1.05. The maximum absolute atomic E-state index is 13.0. The smallest absolute Gasteiger partial charge is 0.315 e. The maximum atomic E-state index is 13.0. The van der Waals surface area contributed by atoms with Gasteiger partial charge in [-0.2, -0.15) is 5.26 Å². The van der Waals surface area contributed by atoms with E-state index in [9.17, 15) is 10.1 Å². The zero-order valence-corrected chi connectivity index (χ0v) is 19.4. The molecule has 0 fully saturated rings. The first-order valence-corrected chi connectivity index (χ1v) is 10.9. The van der Waals surface area contributed by atoms with E-state index in [0.717, 1.165) is 10.0 Å². The predicted molar refractivity (Wildman–Crippen MR) is 124 cm³/mol. The molecule has 0 amide bonds. The van der Waals surface area contributed by atoms with Crippen molar-refractivity contribution < 1.29 is 14.3 Å². The Labute approximate surface area is 195 Å². The zero-order chi connectivity index (χ0) is 22.4. The number of hydrogen-bond acceptors (Lipinski definition) is 4. The lowest BCUT2D eigenvalue weighted by Gasteiger charge is -2.22. The molecule has 0 aliphatic rings. The minimum atomic E-state index is -1.05. The van der Waals surface area contributed by atoms with Gasteiger partial charge in [0.2, 0.25) is 6.10 Å². The summed E-state index contributed by atoms with van der Waals surface area (Å²) in [5.74, 6) is 0.237. The summed E-state index contributed by atoms with van der Waals surface area (Å²) in [5.41, 5.74) is 1.34. The average Bonchev–Trinajstić information content (AvgIpc) is 2.75. The molecule has 0 aliphatic carbocycles. The van der Waals surface area contributed by atoms with Crippen molar-refractivity contribution >= 4 is 33.5 Å². The fourth-order valence-electron chi connectivity index (χ4n) is 3.20.